The SMILES string of the molecule is CC.CC(=O)n1cc(CCN(C)C)c2c(OCO)cccc21.CC(C)(C)OPO. The number of rotatable bonds is 6. The molecule has 2 rings (SSSR count). The number of carbonyl (C=O) groups is 1. The van der Waals surface area contributed by atoms with Crippen LogP contribution in [0.15, 0.2) is 24.4 Å². The van der Waals surface area contributed by atoms with E-state index in [4.69, 9.17) is 19.3 Å². The second-order valence-corrected chi connectivity index (χ2v) is 7.71. The summed E-state index contributed by atoms with van der Waals surface area (Å²) in [5, 5.41) is 9.90. The number of nitrogens with zero attached hydrogens (tertiary/aromatic N) is 2. The van der Waals surface area contributed by atoms with E-state index < -0.39 is 9.03 Å². The summed E-state index contributed by atoms with van der Waals surface area (Å²) in [6.07, 6.45) is 2.68. The van der Waals surface area contributed by atoms with Gasteiger partial charge in [-0.1, -0.05) is 19.9 Å². The molecule has 0 fully saturated rings. The van der Waals surface area contributed by atoms with Gasteiger partial charge in [0.05, 0.1) is 11.1 Å². The molecular weight excluding hydrogens is 391 g/mol. The van der Waals surface area contributed by atoms with Gasteiger partial charge in [0, 0.05) is 25.1 Å². The van der Waals surface area contributed by atoms with Crippen LogP contribution in [0.1, 0.15) is 51.9 Å². The Morgan fingerprint density at radius 3 is 2.28 bits per heavy atom. The van der Waals surface area contributed by atoms with E-state index in [1.165, 1.54) is 6.92 Å². The molecule has 1 aromatic carbocycles. The van der Waals surface area contributed by atoms with Crippen molar-refractivity contribution < 1.29 is 24.1 Å². The van der Waals surface area contributed by atoms with E-state index in [1.807, 2.05) is 73.1 Å². The van der Waals surface area contributed by atoms with Crippen molar-refractivity contribution in [2.75, 3.05) is 27.4 Å². The predicted octanol–water partition coefficient (Wildman–Crippen LogP) is 4.06. The van der Waals surface area contributed by atoms with Gasteiger partial charge in [-0.3, -0.25) is 9.36 Å². The number of hydrogen-bond acceptors (Lipinski definition) is 6. The number of aliphatic hydroxyl groups is 1. The normalized spacial score (nSPS) is 11.3. The minimum absolute atomic E-state index is 0.0350. The number of hydrogen-bond donors (Lipinski definition) is 2. The first kappa shape index (κ1) is 27.5. The third-order valence-corrected chi connectivity index (χ3v) is 4.31. The van der Waals surface area contributed by atoms with Gasteiger partial charge in [0.1, 0.15) is 5.75 Å². The molecule has 0 radical (unpaired) electrons. The third kappa shape index (κ3) is 9.70. The summed E-state index contributed by atoms with van der Waals surface area (Å²) < 4.78 is 11.7. The molecule has 0 spiro atoms. The lowest BCUT2D eigenvalue weighted by Gasteiger charge is -2.15. The fourth-order valence-electron chi connectivity index (χ4n) is 2.45. The summed E-state index contributed by atoms with van der Waals surface area (Å²) in [6.45, 7) is 11.7. The van der Waals surface area contributed by atoms with E-state index in [-0.39, 0.29) is 18.3 Å². The van der Waals surface area contributed by atoms with Gasteiger partial charge in [0.2, 0.25) is 5.91 Å². The fraction of sp³-hybridized carbons (Fsp3) is 0.571. The molecule has 0 amide bonds. The van der Waals surface area contributed by atoms with Gasteiger partial charge in [-0.2, -0.15) is 0 Å². The molecule has 0 bridgehead atoms. The minimum Gasteiger partial charge on any atom is -0.467 e. The molecule has 1 heterocycles. The topological polar surface area (TPSA) is 84.2 Å². The molecule has 1 unspecified atom stereocenters. The Labute approximate surface area is 176 Å². The van der Waals surface area contributed by atoms with E-state index >= 15 is 0 Å². The van der Waals surface area contributed by atoms with Gasteiger partial charge < -0.3 is 24.2 Å². The van der Waals surface area contributed by atoms with Crippen LogP contribution in [0, 0.1) is 0 Å². The van der Waals surface area contributed by atoms with Crippen LogP contribution in [0.5, 0.6) is 5.75 Å². The maximum absolute atomic E-state index is 11.7. The standard InChI is InChI=1S/C15H20N2O3.C4H11O2P.C2H6/c1-11(19)17-9-12(7-8-16(2)3)15-13(17)5-4-6-14(15)20-10-18;1-4(2,3)6-7-5;1-2/h4-6,9,18H,7-8,10H2,1-3H3;5,7H,1-3H3;1-2H3. The van der Waals surface area contributed by atoms with E-state index in [2.05, 4.69) is 4.90 Å². The van der Waals surface area contributed by atoms with Crippen molar-refractivity contribution in [3.63, 3.8) is 0 Å². The van der Waals surface area contributed by atoms with Crippen molar-refractivity contribution in [1.82, 2.24) is 9.47 Å². The average molecular weight is 429 g/mol. The van der Waals surface area contributed by atoms with Gasteiger partial charge >= 0.3 is 0 Å². The van der Waals surface area contributed by atoms with E-state index in [1.54, 1.807) is 4.57 Å². The van der Waals surface area contributed by atoms with Crippen LogP contribution in [0.3, 0.4) is 0 Å². The molecule has 7 nitrogen and oxygen atoms in total. The summed E-state index contributed by atoms with van der Waals surface area (Å²) in [7, 11) is 3.63. The molecule has 2 aromatic rings. The maximum atomic E-state index is 11.7. The van der Waals surface area contributed by atoms with Crippen molar-refractivity contribution in [2.24, 2.45) is 0 Å². The highest BCUT2D eigenvalue weighted by Gasteiger charge is 2.15. The molecular formula is C21H37N2O5P. The zero-order valence-electron chi connectivity index (χ0n) is 18.9. The van der Waals surface area contributed by atoms with Crippen LogP contribution >= 0.6 is 9.03 Å². The highest BCUT2D eigenvalue weighted by Crippen LogP contribution is 2.31. The number of aliphatic hydroxyl groups excluding tert-OH is 1. The highest BCUT2D eigenvalue weighted by molar-refractivity contribution is 7.25. The fourth-order valence-corrected chi connectivity index (χ4v) is 2.73. The molecule has 1 atom stereocenters. The van der Waals surface area contributed by atoms with Crippen LogP contribution < -0.4 is 4.74 Å². The molecule has 1 aromatic heterocycles. The Kier molecular flexibility index (Phi) is 13.0. The molecule has 29 heavy (non-hydrogen) atoms. The maximum Gasteiger partial charge on any atom is 0.227 e. The lowest BCUT2D eigenvalue weighted by molar-refractivity contribution is 0.0941. The summed E-state index contributed by atoms with van der Waals surface area (Å²) in [5.74, 6) is 0.575. The van der Waals surface area contributed by atoms with Gasteiger partial charge in [-0.15, -0.1) is 0 Å². The van der Waals surface area contributed by atoms with Crippen LogP contribution in [0.2, 0.25) is 0 Å². The Balaban J connectivity index is 0.000000740. The molecule has 0 saturated carbocycles. The zero-order chi connectivity index (χ0) is 22.6. The number of carbonyl (C=O) groups excluding carboxylic acids is 1. The Morgan fingerprint density at radius 1 is 1.24 bits per heavy atom. The van der Waals surface area contributed by atoms with Crippen molar-refractivity contribution >= 4 is 25.8 Å². The van der Waals surface area contributed by atoms with Crippen molar-refractivity contribution in [1.29, 1.82) is 0 Å². The molecule has 0 aliphatic heterocycles. The van der Waals surface area contributed by atoms with Crippen LogP contribution in [-0.4, -0.2) is 58.4 Å². The van der Waals surface area contributed by atoms with Crippen molar-refractivity contribution in [3.8, 4) is 5.75 Å². The summed E-state index contributed by atoms with van der Waals surface area (Å²) in [5.41, 5.74) is 1.68. The van der Waals surface area contributed by atoms with Gasteiger partial charge in [-0.25, -0.2) is 0 Å². The van der Waals surface area contributed by atoms with Crippen molar-refractivity contribution in [2.45, 2.75) is 53.6 Å². The quantitative estimate of drug-likeness (QED) is 0.533. The molecule has 166 valence electrons. The molecule has 0 saturated heterocycles. The molecule has 0 aliphatic rings. The smallest absolute Gasteiger partial charge is 0.227 e. The van der Waals surface area contributed by atoms with Gasteiger partial charge in [0.15, 0.2) is 15.8 Å². The van der Waals surface area contributed by atoms with Crippen LogP contribution in [-0.2, 0) is 10.9 Å². The molecule has 8 heteroatoms. The monoisotopic (exact) mass is 428 g/mol. The number of benzene rings is 1. The zero-order valence-corrected chi connectivity index (χ0v) is 19.9. The largest absolute Gasteiger partial charge is 0.467 e. The average Bonchev–Trinajstić information content (AvgIpc) is 3.01. The first-order valence-corrected chi connectivity index (χ1v) is 10.6. The predicted molar refractivity (Wildman–Crippen MR) is 121 cm³/mol. The number of ether oxygens (including phenoxy) is 1. The lowest BCUT2D eigenvalue weighted by atomic mass is 10.1. The first-order chi connectivity index (χ1) is 13.6. The summed E-state index contributed by atoms with van der Waals surface area (Å²) in [6, 6.07) is 5.52. The Morgan fingerprint density at radius 2 is 1.86 bits per heavy atom. The first-order valence-electron chi connectivity index (χ1n) is 9.70. The third-order valence-electron chi connectivity index (χ3n) is 3.61. The van der Waals surface area contributed by atoms with E-state index in [0.717, 1.165) is 29.4 Å². The second-order valence-electron chi connectivity index (χ2n) is 7.33. The minimum atomic E-state index is -0.391. The Hall–Kier alpha value is -1.50. The molecule has 2 N–H and O–H groups in total. The van der Waals surface area contributed by atoms with Crippen LogP contribution in [0.25, 0.3) is 10.9 Å². The van der Waals surface area contributed by atoms with E-state index in [0.29, 0.717) is 5.75 Å². The summed E-state index contributed by atoms with van der Waals surface area (Å²) >= 11 is 0. The number of fused-ring (bicyclic) bond motifs is 1. The lowest BCUT2D eigenvalue weighted by Crippen LogP contribution is -2.15. The van der Waals surface area contributed by atoms with Gasteiger partial charge in [-0.05, 0) is 59.0 Å². The number of aromatic nitrogens is 1. The Bertz CT molecular complexity index is 738. The van der Waals surface area contributed by atoms with E-state index in [9.17, 15) is 4.79 Å². The van der Waals surface area contributed by atoms with Crippen molar-refractivity contribution in [3.05, 3.63) is 30.0 Å². The molecule has 0 aliphatic carbocycles. The van der Waals surface area contributed by atoms with Crippen LogP contribution in [0.4, 0.5) is 0 Å². The highest BCUT2D eigenvalue weighted by atomic mass is 31.1. The summed E-state index contributed by atoms with van der Waals surface area (Å²) in [4.78, 5) is 22.0. The second kappa shape index (κ2) is 13.7. The number of likely N-dealkylation sites (N-methyl/N-ethyl adjacent to an activating group) is 1. The van der Waals surface area contributed by atoms with Gasteiger partial charge in [0.25, 0.3) is 0 Å².